The number of benzene rings is 2. The molecule has 1 saturated heterocycles. The highest BCUT2D eigenvalue weighted by atomic mass is 16.5. The van der Waals surface area contributed by atoms with Gasteiger partial charge in [0.05, 0.1) is 25.5 Å². The van der Waals surface area contributed by atoms with Crippen LogP contribution in [0.5, 0.6) is 0 Å². The van der Waals surface area contributed by atoms with E-state index in [4.69, 9.17) is 15.3 Å². The third-order valence-corrected chi connectivity index (χ3v) is 5.46. The van der Waals surface area contributed by atoms with E-state index in [-0.39, 0.29) is 6.61 Å². The van der Waals surface area contributed by atoms with Gasteiger partial charge in [-0.15, -0.1) is 0 Å². The summed E-state index contributed by atoms with van der Waals surface area (Å²) in [5, 5.41) is 16.0. The van der Waals surface area contributed by atoms with Crippen LogP contribution in [0.25, 0.3) is 10.4 Å². The second-order valence-corrected chi connectivity index (χ2v) is 7.53. The summed E-state index contributed by atoms with van der Waals surface area (Å²) in [7, 11) is 0. The van der Waals surface area contributed by atoms with E-state index in [1.165, 1.54) is 0 Å². The van der Waals surface area contributed by atoms with Crippen molar-refractivity contribution in [1.82, 2.24) is 4.90 Å². The Hall–Kier alpha value is -3.85. The molecule has 33 heavy (non-hydrogen) atoms. The Balaban J connectivity index is 1.50. The summed E-state index contributed by atoms with van der Waals surface area (Å²) in [6.45, 7) is 3.66. The molecule has 0 saturated carbocycles. The maximum atomic E-state index is 11.7. The number of ether oxygens (including phenoxy) is 1. The number of carbonyl (C=O) groups is 1. The number of nitrogens with one attached hydrogen (secondary N) is 1. The van der Waals surface area contributed by atoms with E-state index >= 15 is 0 Å². The predicted molar refractivity (Wildman–Crippen MR) is 126 cm³/mol. The molecule has 1 fully saturated rings. The van der Waals surface area contributed by atoms with Crippen LogP contribution in [0.4, 0.5) is 11.4 Å². The molecule has 170 valence electrons. The van der Waals surface area contributed by atoms with Gasteiger partial charge in [-0.2, -0.15) is 0 Å². The van der Waals surface area contributed by atoms with Crippen LogP contribution in [0.1, 0.15) is 15.9 Å². The topological polar surface area (TPSA) is 126 Å². The lowest BCUT2D eigenvalue weighted by Gasteiger charge is -2.32. The van der Waals surface area contributed by atoms with Gasteiger partial charge in [-0.3, -0.25) is 4.79 Å². The molecule has 2 N–H and O–H groups in total. The Morgan fingerprint density at radius 2 is 1.91 bits per heavy atom. The molecule has 0 spiro atoms. The number of rotatable bonds is 7. The summed E-state index contributed by atoms with van der Waals surface area (Å²) in [6, 6.07) is 14.9. The quantitative estimate of drug-likeness (QED) is 0.382. The van der Waals surface area contributed by atoms with Crippen LogP contribution >= 0.6 is 0 Å². The molecule has 1 unspecified atom stereocenters. The number of aliphatic hydroxyl groups excluding tert-OH is 1. The molecule has 0 aliphatic carbocycles. The Labute approximate surface area is 191 Å². The van der Waals surface area contributed by atoms with Gasteiger partial charge in [-0.1, -0.05) is 24.3 Å². The molecule has 2 aromatic carbocycles. The monoisotopic (exact) mass is 447 g/mol. The van der Waals surface area contributed by atoms with Gasteiger partial charge in [-0.25, -0.2) is 4.99 Å². The third kappa shape index (κ3) is 5.50. The SMILES string of the molecule is [N-]=[N+]=NC(=O)c1ccc(C2=NC(Nc3ccc(N4CCOCC4)cc3)N(CCO)C=C2)cc1. The smallest absolute Gasteiger partial charge is 0.249 e. The Morgan fingerprint density at radius 3 is 2.58 bits per heavy atom. The average molecular weight is 447 g/mol. The van der Waals surface area contributed by atoms with E-state index in [1.807, 2.05) is 29.3 Å². The van der Waals surface area contributed by atoms with Crippen molar-refractivity contribution in [3.63, 3.8) is 0 Å². The van der Waals surface area contributed by atoms with Crippen LogP contribution in [0.2, 0.25) is 0 Å². The second kappa shape index (κ2) is 10.6. The number of azide groups is 1. The highest BCUT2D eigenvalue weighted by Gasteiger charge is 2.19. The lowest BCUT2D eigenvalue weighted by Crippen LogP contribution is -2.40. The molecule has 4 rings (SSSR count). The molecule has 1 atom stereocenters. The fourth-order valence-corrected chi connectivity index (χ4v) is 3.72. The minimum atomic E-state index is -0.626. The van der Waals surface area contributed by atoms with E-state index in [2.05, 4.69) is 32.4 Å². The van der Waals surface area contributed by atoms with Crippen molar-refractivity contribution in [2.24, 2.45) is 10.1 Å². The fraction of sp³-hybridized carbons (Fsp3) is 0.304. The van der Waals surface area contributed by atoms with Gasteiger partial charge < -0.3 is 25.0 Å². The van der Waals surface area contributed by atoms with Crippen LogP contribution in [-0.4, -0.2) is 67.4 Å². The average Bonchev–Trinajstić information content (AvgIpc) is 2.86. The molecule has 10 nitrogen and oxygen atoms in total. The Morgan fingerprint density at radius 1 is 1.18 bits per heavy atom. The van der Waals surface area contributed by atoms with Crippen LogP contribution < -0.4 is 10.2 Å². The third-order valence-electron chi connectivity index (χ3n) is 5.46. The van der Waals surface area contributed by atoms with Crippen LogP contribution in [0.15, 0.2) is 70.9 Å². The van der Waals surface area contributed by atoms with Crippen LogP contribution in [0.3, 0.4) is 0 Å². The van der Waals surface area contributed by atoms with Crippen molar-refractivity contribution >= 4 is 23.0 Å². The highest BCUT2D eigenvalue weighted by molar-refractivity contribution is 6.09. The van der Waals surface area contributed by atoms with E-state index in [0.29, 0.717) is 12.1 Å². The zero-order valence-corrected chi connectivity index (χ0v) is 18.0. The van der Waals surface area contributed by atoms with Crippen LogP contribution in [-0.2, 0) is 4.74 Å². The number of anilines is 2. The first kappa shape index (κ1) is 22.3. The summed E-state index contributed by atoms with van der Waals surface area (Å²) in [4.78, 5) is 23.3. The number of aliphatic hydroxyl groups is 1. The summed E-state index contributed by atoms with van der Waals surface area (Å²) >= 11 is 0. The minimum Gasteiger partial charge on any atom is -0.395 e. The summed E-state index contributed by atoms with van der Waals surface area (Å²) in [5.41, 5.74) is 12.4. The molecule has 2 aromatic rings. The van der Waals surface area contributed by atoms with Crippen molar-refractivity contribution in [3.05, 3.63) is 82.4 Å². The minimum absolute atomic E-state index is 0.000435. The van der Waals surface area contributed by atoms with E-state index in [9.17, 15) is 9.90 Å². The molecule has 0 radical (unpaired) electrons. The first-order valence-electron chi connectivity index (χ1n) is 10.7. The molecule has 0 aromatic heterocycles. The van der Waals surface area contributed by atoms with Gasteiger partial charge in [0.25, 0.3) is 0 Å². The Bertz CT molecular complexity index is 1070. The number of β-amino-alcohol motifs (C(OH)–C–C–N with tert-alkyl or cyclic N) is 1. The molecule has 1 amide bonds. The number of hydrogen-bond acceptors (Lipinski definition) is 7. The summed E-state index contributed by atoms with van der Waals surface area (Å²) in [6.07, 6.45) is 3.34. The van der Waals surface area contributed by atoms with Crippen molar-refractivity contribution in [3.8, 4) is 0 Å². The second-order valence-electron chi connectivity index (χ2n) is 7.53. The number of nitrogens with zero attached hydrogens (tertiary/aromatic N) is 6. The highest BCUT2D eigenvalue weighted by Crippen LogP contribution is 2.22. The zero-order valence-electron chi connectivity index (χ0n) is 18.0. The maximum absolute atomic E-state index is 11.7. The normalized spacial score (nSPS) is 17.8. The number of morpholine rings is 1. The fourth-order valence-electron chi connectivity index (χ4n) is 3.72. The number of amides is 1. The zero-order chi connectivity index (χ0) is 23.0. The molecule has 0 bridgehead atoms. The number of aliphatic imine (C=N–C) groups is 1. The van der Waals surface area contributed by atoms with Crippen LogP contribution in [0, 0.1) is 0 Å². The lowest BCUT2D eigenvalue weighted by molar-refractivity contribution is 0.100. The van der Waals surface area contributed by atoms with Gasteiger partial charge in [0, 0.05) is 47.7 Å². The van der Waals surface area contributed by atoms with E-state index in [0.717, 1.165) is 49.0 Å². The maximum Gasteiger partial charge on any atom is 0.249 e. The van der Waals surface area contributed by atoms with Crippen molar-refractivity contribution in [2.45, 2.75) is 6.29 Å². The number of allylic oxidation sites excluding steroid dienone is 1. The van der Waals surface area contributed by atoms with E-state index < -0.39 is 12.2 Å². The van der Waals surface area contributed by atoms with Crippen molar-refractivity contribution < 1.29 is 14.6 Å². The van der Waals surface area contributed by atoms with Gasteiger partial charge in [0.2, 0.25) is 5.91 Å². The number of carbonyl (C=O) groups excluding carboxylic acids is 1. The summed E-state index contributed by atoms with van der Waals surface area (Å²) < 4.78 is 5.42. The van der Waals surface area contributed by atoms with Gasteiger partial charge >= 0.3 is 0 Å². The predicted octanol–water partition coefficient (Wildman–Crippen LogP) is 2.98. The first-order chi connectivity index (χ1) is 16.2. The largest absolute Gasteiger partial charge is 0.395 e. The van der Waals surface area contributed by atoms with Crippen molar-refractivity contribution in [1.29, 1.82) is 0 Å². The lowest BCUT2D eigenvalue weighted by atomic mass is 10.1. The number of hydrogen-bond donors (Lipinski definition) is 2. The standard InChI is InChI=1S/C23H25N7O3/c24-28-27-22(32)18-3-1-17(2-4-18)21-9-10-30(11-14-31)23(26-21)25-19-5-7-20(8-6-19)29-12-15-33-16-13-29/h1-10,23,25,31H,11-16H2. The molecule has 2 aliphatic rings. The first-order valence-corrected chi connectivity index (χ1v) is 10.7. The molecular formula is C23H25N7O3. The van der Waals surface area contributed by atoms with E-state index in [1.54, 1.807) is 24.3 Å². The van der Waals surface area contributed by atoms with Gasteiger partial charge in [0.1, 0.15) is 0 Å². The summed E-state index contributed by atoms with van der Waals surface area (Å²) in [5.74, 6) is -0.626. The molecule has 2 aliphatic heterocycles. The molecule has 10 heteroatoms. The van der Waals surface area contributed by atoms with Gasteiger partial charge in [-0.05, 0) is 46.6 Å². The molecular weight excluding hydrogens is 422 g/mol. The molecule has 2 heterocycles. The Kier molecular flexibility index (Phi) is 7.21. The van der Waals surface area contributed by atoms with Crippen molar-refractivity contribution in [2.75, 3.05) is 49.7 Å². The van der Waals surface area contributed by atoms with Gasteiger partial charge in [0.15, 0.2) is 6.29 Å².